The second-order valence-electron chi connectivity index (χ2n) is 4.37. The van der Waals surface area contributed by atoms with Crippen LogP contribution in [0, 0.1) is 11.8 Å². The number of hydrogen-bond donors (Lipinski definition) is 4. The molecule has 1 aliphatic rings. The molecule has 0 aliphatic carbocycles. The van der Waals surface area contributed by atoms with Crippen LogP contribution in [0.4, 0.5) is 4.79 Å². The van der Waals surface area contributed by atoms with E-state index in [2.05, 4.69) is 22.5 Å². The first-order valence-corrected chi connectivity index (χ1v) is 6.26. The predicted molar refractivity (Wildman–Crippen MR) is 74.5 cm³/mol. The average Bonchev–Trinajstić information content (AvgIpc) is 2.48. The smallest absolute Gasteiger partial charge is 0.322 e. The fraction of sp³-hybridized carbons (Fsp3) is 0.214. The van der Waals surface area contributed by atoms with Gasteiger partial charge in [0.1, 0.15) is 6.04 Å². The Morgan fingerprint density at radius 3 is 2.67 bits per heavy atom. The molecule has 0 saturated heterocycles. The molecule has 5 N–H and O–H groups in total. The number of nitrogens with two attached hydrogens (primary N) is 1. The third-order valence-electron chi connectivity index (χ3n) is 2.75. The fourth-order valence-corrected chi connectivity index (χ4v) is 1.65. The summed E-state index contributed by atoms with van der Waals surface area (Å²) >= 11 is 0. The van der Waals surface area contributed by atoms with Gasteiger partial charge < -0.3 is 16.4 Å². The van der Waals surface area contributed by atoms with Gasteiger partial charge in [0.05, 0.1) is 0 Å². The van der Waals surface area contributed by atoms with E-state index < -0.39 is 29.9 Å². The minimum absolute atomic E-state index is 0.312. The van der Waals surface area contributed by atoms with Gasteiger partial charge in [-0.25, -0.2) is 4.79 Å². The van der Waals surface area contributed by atoms with Crippen molar-refractivity contribution in [3.05, 3.63) is 35.9 Å². The van der Waals surface area contributed by atoms with Gasteiger partial charge in [0, 0.05) is 6.54 Å². The molecule has 0 spiro atoms. The molecule has 7 heteroatoms. The quantitative estimate of drug-likeness (QED) is 0.525. The largest absolute Gasteiger partial charge is 0.349 e. The number of amides is 4. The summed E-state index contributed by atoms with van der Waals surface area (Å²) in [7, 11) is 0. The lowest BCUT2D eigenvalue weighted by Crippen LogP contribution is -2.54. The molecule has 0 radical (unpaired) electrons. The van der Waals surface area contributed by atoms with Crippen LogP contribution >= 0.6 is 0 Å². The number of nitrogens with one attached hydrogen (secondary N) is 3. The summed E-state index contributed by atoms with van der Waals surface area (Å²) in [6, 6.07) is 6.30. The Balaban J connectivity index is 2.01. The molecular formula is C14H14N4O3. The van der Waals surface area contributed by atoms with E-state index in [4.69, 9.17) is 5.73 Å². The number of benzene rings is 1. The Morgan fingerprint density at radius 2 is 1.95 bits per heavy atom. The Labute approximate surface area is 121 Å². The van der Waals surface area contributed by atoms with Crippen LogP contribution in [0.2, 0.25) is 0 Å². The van der Waals surface area contributed by atoms with E-state index in [0.29, 0.717) is 6.54 Å². The van der Waals surface area contributed by atoms with Crippen molar-refractivity contribution < 1.29 is 14.4 Å². The third kappa shape index (κ3) is 4.06. The molecule has 0 fully saturated rings. The summed E-state index contributed by atoms with van der Waals surface area (Å²) in [5, 5.41) is 6.94. The predicted octanol–water partition coefficient (Wildman–Crippen LogP) is -1.16. The van der Waals surface area contributed by atoms with E-state index >= 15 is 0 Å². The van der Waals surface area contributed by atoms with Crippen LogP contribution in [-0.4, -0.2) is 29.9 Å². The van der Waals surface area contributed by atoms with E-state index in [-0.39, 0.29) is 0 Å². The van der Waals surface area contributed by atoms with E-state index in [1.54, 1.807) is 0 Å². The number of rotatable bonds is 3. The highest BCUT2D eigenvalue weighted by molar-refractivity contribution is 6.01. The molecule has 0 aromatic heterocycles. The molecule has 1 heterocycles. The van der Waals surface area contributed by atoms with Crippen LogP contribution in [0.1, 0.15) is 5.56 Å². The lowest BCUT2D eigenvalue weighted by atomic mass is 10.2. The van der Waals surface area contributed by atoms with Gasteiger partial charge in [0.15, 0.2) is 6.04 Å². The molecular weight excluding hydrogens is 272 g/mol. The summed E-state index contributed by atoms with van der Waals surface area (Å²) in [5.41, 5.74) is 6.36. The van der Waals surface area contributed by atoms with Gasteiger partial charge in [0.2, 0.25) is 0 Å². The van der Waals surface area contributed by atoms with Crippen LogP contribution in [0.5, 0.6) is 0 Å². The molecule has 2 atom stereocenters. The summed E-state index contributed by atoms with van der Waals surface area (Å²) in [5.74, 6) is 3.74. The van der Waals surface area contributed by atoms with Crippen molar-refractivity contribution in [1.29, 1.82) is 0 Å². The molecule has 1 aromatic carbocycles. The maximum Gasteiger partial charge on any atom is 0.322 e. The fourth-order valence-electron chi connectivity index (χ4n) is 1.65. The van der Waals surface area contributed by atoms with E-state index in [9.17, 15) is 14.4 Å². The Morgan fingerprint density at radius 1 is 1.24 bits per heavy atom. The molecule has 0 saturated carbocycles. The van der Waals surface area contributed by atoms with Crippen molar-refractivity contribution >= 4 is 17.8 Å². The van der Waals surface area contributed by atoms with Gasteiger partial charge in [-0.05, 0) is 5.56 Å². The van der Waals surface area contributed by atoms with E-state index in [1.807, 2.05) is 35.6 Å². The maximum atomic E-state index is 12.0. The number of hydrogen-bond acceptors (Lipinski definition) is 4. The second-order valence-corrected chi connectivity index (χ2v) is 4.37. The van der Waals surface area contributed by atoms with Gasteiger partial charge in [0.25, 0.3) is 11.8 Å². The lowest BCUT2D eigenvalue weighted by Gasteiger charge is -2.16. The molecule has 1 aliphatic heterocycles. The third-order valence-corrected chi connectivity index (χ3v) is 2.75. The van der Waals surface area contributed by atoms with Gasteiger partial charge in [-0.1, -0.05) is 42.2 Å². The Hall–Kier alpha value is -2.85. The van der Waals surface area contributed by atoms with Gasteiger partial charge >= 0.3 is 6.03 Å². The van der Waals surface area contributed by atoms with Gasteiger partial charge in [-0.15, -0.1) is 0 Å². The van der Waals surface area contributed by atoms with Crippen molar-refractivity contribution in [2.45, 2.75) is 18.6 Å². The highest BCUT2D eigenvalue weighted by Crippen LogP contribution is 1.98. The van der Waals surface area contributed by atoms with Crippen LogP contribution in [0.15, 0.2) is 30.3 Å². The van der Waals surface area contributed by atoms with Crippen molar-refractivity contribution in [3.8, 4) is 11.8 Å². The minimum Gasteiger partial charge on any atom is -0.349 e. The first-order chi connectivity index (χ1) is 10.1. The zero-order chi connectivity index (χ0) is 15.2. The molecule has 21 heavy (non-hydrogen) atoms. The van der Waals surface area contributed by atoms with Crippen molar-refractivity contribution in [3.63, 3.8) is 0 Å². The lowest BCUT2D eigenvalue weighted by molar-refractivity contribution is -0.122. The maximum absolute atomic E-state index is 12.0. The zero-order valence-corrected chi connectivity index (χ0v) is 11.1. The first-order valence-electron chi connectivity index (χ1n) is 6.26. The van der Waals surface area contributed by atoms with Crippen LogP contribution in [0.25, 0.3) is 0 Å². The highest BCUT2D eigenvalue weighted by atomic mass is 16.2. The molecule has 2 unspecified atom stereocenters. The van der Waals surface area contributed by atoms with Crippen molar-refractivity contribution in [2.24, 2.45) is 5.73 Å². The monoisotopic (exact) mass is 286 g/mol. The van der Waals surface area contributed by atoms with Crippen LogP contribution in [-0.2, 0) is 16.1 Å². The molecule has 108 valence electrons. The van der Waals surface area contributed by atoms with E-state index in [1.165, 1.54) is 0 Å². The Kier molecular flexibility index (Phi) is 4.53. The summed E-state index contributed by atoms with van der Waals surface area (Å²) in [6.07, 6.45) is 0. The number of imide groups is 1. The van der Waals surface area contributed by atoms with Crippen molar-refractivity contribution in [2.75, 3.05) is 0 Å². The standard InChI is InChI=1S/C14H14N4O3/c15-10-6-7-11(17-14(21)18-12(10)19)13(20)16-8-9-4-2-1-3-5-9/h1-5,10-11H,8,15H2,(H,16,20)(H2,17,18,19,21). The Bertz CT molecular complexity index is 618. The van der Waals surface area contributed by atoms with Gasteiger partial charge in [-0.2, -0.15) is 0 Å². The van der Waals surface area contributed by atoms with Gasteiger partial charge in [-0.3, -0.25) is 14.9 Å². The normalized spacial score (nSPS) is 21.0. The van der Waals surface area contributed by atoms with Crippen LogP contribution in [0.3, 0.4) is 0 Å². The van der Waals surface area contributed by atoms with Crippen molar-refractivity contribution in [1.82, 2.24) is 16.0 Å². The molecule has 4 amide bonds. The average molecular weight is 286 g/mol. The summed E-state index contributed by atoms with van der Waals surface area (Å²) in [6.45, 7) is 0.312. The number of carbonyl (C=O) groups is 3. The van der Waals surface area contributed by atoms with Crippen LogP contribution < -0.4 is 21.7 Å². The topological polar surface area (TPSA) is 113 Å². The zero-order valence-electron chi connectivity index (χ0n) is 11.1. The molecule has 2 rings (SSSR count). The second kappa shape index (κ2) is 6.54. The molecule has 1 aromatic rings. The molecule has 7 nitrogen and oxygen atoms in total. The number of urea groups is 1. The molecule has 0 bridgehead atoms. The summed E-state index contributed by atoms with van der Waals surface area (Å²) < 4.78 is 0. The SMILES string of the molecule is NC1C#CC(C(=O)NCc2ccccc2)NC(=O)NC1=O. The summed E-state index contributed by atoms with van der Waals surface area (Å²) in [4.78, 5) is 34.7. The minimum atomic E-state index is -1.14. The highest BCUT2D eigenvalue weighted by Gasteiger charge is 2.23. The number of carbonyl (C=O) groups excluding carboxylic acids is 3. The van der Waals surface area contributed by atoms with E-state index in [0.717, 1.165) is 5.56 Å². The first kappa shape index (κ1) is 14.6.